The second-order valence-corrected chi connectivity index (χ2v) is 6.39. The van der Waals surface area contributed by atoms with Crippen molar-refractivity contribution in [2.24, 2.45) is 0 Å². The Morgan fingerprint density at radius 3 is 2.40 bits per heavy atom. The van der Waals surface area contributed by atoms with Gasteiger partial charge in [-0.05, 0) is 32.0 Å². The van der Waals surface area contributed by atoms with Crippen LogP contribution in [0, 0.1) is 6.92 Å². The number of hydrogen-bond acceptors (Lipinski definition) is 4. The first-order chi connectivity index (χ1) is 12.0. The van der Waals surface area contributed by atoms with Gasteiger partial charge >= 0.3 is 0 Å². The summed E-state index contributed by atoms with van der Waals surface area (Å²) in [6.45, 7) is 9.91. The Bertz CT molecular complexity index is 675. The predicted molar refractivity (Wildman–Crippen MR) is 97.7 cm³/mol. The maximum absolute atomic E-state index is 12.6. The first-order valence-electron chi connectivity index (χ1n) is 8.96. The van der Waals surface area contributed by atoms with Crippen molar-refractivity contribution < 1.29 is 9.59 Å². The molecule has 0 bridgehead atoms. The monoisotopic (exact) mass is 348 g/mol. The molecule has 1 aliphatic heterocycles. The summed E-state index contributed by atoms with van der Waals surface area (Å²) >= 11 is 0. The summed E-state index contributed by atoms with van der Waals surface area (Å²) in [7, 11) is 0. The maximum atomic E-state index is 12.6. The molecular weight excluding hydrogens is 320 g/mol. The van der Waals surface area contributed by atoms with Gasteiger partial charge in [0.15, 0.2) is 0 Å². The molecule has 1 aromatic heterocycles. The van der Waals surface area contributed by atoms with E-state index in [-0.39, 0.29) is 29.6 Å². The Morgan fingerprint density at radius 1 is 1.12 bits per heavy atom. The molecule has 0 saturated carbocycles. The zero-order valence-corrected chi connectivity index (χ0v) is 15.4. The highest BCUT2D eigenvalue weighted by atomic mass is 16.2. The molecule has 2 heterocycles. The highest BCUT2D eigenvalue weighted by Gasteiger charge is 2.21. The van der Waals surface area contributed by atoms with Crippen molar-refractivity contribution in [1.29, 1.82) is 0 Å². The Morgan fingerprint density at radius 2 is 1.80 bits per heavy atom. The van der Waals surface area contributed by atoms with E-state index < -0.39 is 0 Å². The van der Waals surface area contributed by atoms with Crippen LogP contribution >= 0.6 is 0 Å². The predicted octanol–water partition coefficient (Wildman–Crippen LogP) is 1.06. The summed E-state index contributed by atoms with van der Waals surface area (Å²) < 4.78 is 1.44. The normalized spacial score (nSPS) is 15.2. The average Bonchev–Trinajstić information content (AvgIpc) is 2.61. The first kappa shape index (κ1) is 19.2. The number of hydrogen-bond donors (Lipinski definition) is 1. The number of aryl methyl sites for hydroxylation is 1. The highest BCUT2D eigenvalue weighted by molar-refractivity contribution is 5.90. The lowest BCUT2D eigenvalue weighted by Crippen LogP contribution is -2.50. The van der Waals surface area contributed by atoms with E-state index in [9.17, 15) is 14.4 Å². The molecule has 1 N–H and O–H groups in total. The average molecular weight is 348 g/mol. The Labute approximate surface area is 148 Å². The third-order valence-electron chi connectivity index (χ3n) is 4.61. The fourth-order valence-corrected chi connectivity index (χ4v) is 2.95. The van der Waals surface area contributed by atoms with Crippen LogP contribution in [0.4, 0.5) is 5.69 Å². The smallest absolute Gasteiger partial charge is 0.274 e. The van der Waals surface area contributed by atoms with E-state index in [1.165, 1.54) is 4.57 Å². The molecule has 25 heavy (non-hydrogen) atoms. The summed E-state index contributed by atoms with van der Waals surface area (Å²) in [5, 5.41) is 2.64. The van der Waals surface area contributed by atoms with E-state index >= 15 is 0 Å². The van der Waals surface area contributed by atoms with Gasteiger partial charge in [-0.2, -0.15) is 0 Å². The van der Waals surface area contributed by atoms with Gasteiger partial charge in [-0.15, -0.1) is 0 Å². The number of aromatic nitrogens is 1. The molecule has 1 saturated heterocycles. The molecule has 0 atom stereocenters. The molecule has 1 aromatic rings. The van der Waals surface area contributed by atoms with E-state index in [1.807, 2.05) is 6.92 Å². The maximum Gasteiger partial charge on any atom is 0.274 e. The van der Waals surface area contributed by atoms with E-state index in [0.29, 0.717) is 31.6 Å². The van der Waals surface area contributed by atoms with Crippen molar-refractivity contribution in [2.45, 2.75) is 40.2 Å². The molecule has 0 aromatic carbocycles. The lowest BCUT2D eigenvalue weighted by Gasteiger charge is -2.34. The molecule has 1 fully saturated rings. The number of pyridine rings is 1. The molecule has 2 rings (SSSR count). The second-order valence-electron chi connectivity index (χ2n) is 6.39. The van der Waals surface area contributed by atoms with Crippen LogP contribution in [0.3, 0.4) is 0 Å². The van der Waals surface area contributed by atoms with Crippen molar-refractivity contribution in [3.63, 3.8) is 0 Å². The van der Waals surface area contributed by atoms with Gasteiger partial charge in [-0.25, -0.2) is 0 Å². The number of carbonyl (C=O) groups is 2. The van der Waals surface area contributed by atoms with Crippen LogP contribution in [0.1, 0.15) is 32.4 Å². The molecule has 7 nitrogen and oxygen atoms in total. The highest BCUT2D eigenvalue weighted by Crippen LogP contribution is 2.07. The zero-order chi connectivity index (χ0) is 18.4. The van der Waals surface area contributed by atoms with Gasteiger partial charge in [-0.1, -0.05) is 13.8 Å². The SMILES string of the molecule is CCCC(=O)Nc1ccc(C)n(CC(=O)N2CCN(CC)CC2)c1=O. The third-order valence-corrected chi connectivity index (χ3v) is 4.61. The van der Waals surface area contributed by atoms with E-state index in [1.54, 1.807) is 24.0 Å². The molecule has 0 aliphatic carbocycles. The summed E-state index contributed by atoms with van der Waals surface area (Å²) in [6, 6.07) is 3.36. The number of amides is 2. The van der Waals surface area contributed by atoms with Crippen LogP contribution in [0.2, 0.25) is 0 Å². The third kappa shape index (κ3) is 4.92. The van der Waals surface area contributed by atoms with Crippen LogP contribution in [-0.4, -0.2) is 58.9 Å². The van der Waals surface area contributed by atoms with Gasteiger partial charge in [0.2, 0.25) is 11.8 Å². The summed E-state index contributed by atoms with van der Waals surface area (Å²) in [6.07, 6.45) is 1.09. The largest absolute Gasteiger partial charge is 0.339 e. The fourth-order valence-electron chi connectivity index (χ4n) is 2.95. The molecule has 1 aliphatic rings. The van der Waals surface area contributed by atoms with Crippen molar-refractivity contribution in [3.8, 4) is 0 Å². The second kappa shape index (κ2) is 8.80. The number of likely N-dealkylation sites (N-methyl/N-ethyl adjacent to an activating group) is 1. The van der Waals surface area contributed by atoms with Gasteiger partial charge in [0.05, 0.1) is 0 Å². The molecular formula is C18H28N4O3. The quantitative estimate of drug-likeness (QED) is 0.834. The van der Waals surface area contributed by atoms with Gasteiger partial charge < -0.3 is 19.7 Å². The van der Waals surface area contributed by atoms with E-state index in [0.717, 1.165) is 19.6 Å². The number of piperazine rings is 1. The number of anilines is 1. The number of carbonyl (C=O) groups excluding carboxylic acids is 2. The molecule has 138 valence electrons. The van der Waals surface area contributed by atoms with Gasteiger partial charge in [0.25, 0.3) is 5.56 Å². The Balaban J connectivity index is 2.09. The Hall–Kier alpha value is -2.15. The minimum atomic E-state index is -0.329. The van der Waals surface area contributed by atoms with Crippen molar-refractivity contribution in [3.05, 3.63) is 28.2 Å². The fraction of sp³-hybridized carbons (Fsp3) is 0.611. The van der Waals surface area contributed by atoms with Crippen LogP contribution in [0.15, 0.2) is 16.9 Å². The summed E-state index contributed by atoms with van der Waals surface area (Å²) in [5.74, 6) is -0.241. The lowest BCUT2D eigenvalue weighted by molar-refractivity contribution is -0.133. The molecule has 2 amide bonds. The number of nitrogens with zero attached hydrogens (tertiary/aromatic N) is 3. The summed E-state index contributed by atoms with van der Waals surface area (Å²) in [5.41, 5.74) is 0.608. The van der Waals surface area contributed by atoms with Crippen LogP contribution in [0.5, 0.6) is 0 Å². The lowest BCUT2D eigenvalue weighted by atomic mass is 10.2. The topological polar surface area (TPSA) is 74.7 Å². The summed E-state index contributed by atoms with van der Waals surface area (Å²) in [4.78, 5) is 41.0. The minimum Gasteiger partial charge on any atom is -0.339 e. The van der Waals surface area contributed by atoms with E-state index in [4.69, 9.17) is 0 Å². The standard InChI is InChI=1S/C18H28N4O3/c1-4-6-16(23)19-15-8-7-14(3)22(18(15)25)13-17(24)21-11-9-20(5-2)10-12-21/h7-8H,4-6,9-13H2,1-3H3,(H,19,23). The van der Waals surface area contributed by atoms with Crippen LogP contribution < -0.4 is 10.9 Å². The van der Waals surface area contributed by atoms with Crippen LogP contribution in [0.25, 0.3) is 0 Å². The zero-order valence-electron chi connectivity index (χ0n) is 15.4. The van der Waals surface area contributed by atoms with Gasteiger partial charge in [0, 0.05) is 38.3 Å². The molecule has 0 unspecified atom stereocenters. The first-order valence-corrected chi connectivity index (χ1v) is 8.96. The van der Waals surface area contributed by atoms with Gasteiger partial charge in [0.1, 0.15) is 12.2 Å². The molecule has 7 heteroatoms. The Kier molecular flexibility index (Phi) is 6.75. The van der Waals surface area contributed by atoms with Crippen molar-refractivity contribution in [1.82, 2.24) is 14.4 Å². The number of nitrogens with one attached hydrogen (secondary N) is 1. The van der Waals surface area contributed by atoms with Crippen molar-refractivity contribution >= 4 is 17.5 Å². The van der Waals surface area contributed by atoms with Crippen LogP contribution in [-0.2, 0) is 16.1 Å². The minimum absolute atomic E-state index is 0.00821. The van der Waals surface area contributed by atoms with Gasteiger partial charge in [-0.3, -0.25) is 14.4 Å². The van der Waals surface area contributed by atoms with E-state index in [2.05, 4.69) is 17.1 Å². The molecule has 0 radical (unpaired) electrons. The number of rotatable bonds is 6. The van der Waals surface area contributed by atoms with Crippen molar-refractivity contribution in [2.75, 3.05) is 38.0 Å². The molecule has 0 spiro atoms.